The summed E-state index contributed by atoms with van der Waals surface area (Å²) in [6, 6.07) is 1.57. The minimum Gasteiger partial charge on any atom is -0.373 e. The first kappa shape index (κ1) is 15.9. The van der Waals surface area contributed by atoms with Gasteiger partial charge in [0.2, 0.25) is 5.82 Å². The summed E-state index contributed by atoms with van der Waals surface area (Å²) >= 11 is 0. The molecule has 1 aliphatic rings. The number of anilines is 2. The molecule has 1 aromatic heterocycles. The van der Waals surface area contributed by atoms with Gasteiger partial charge in [0.05, 0.1) is 0 Å². The molecular formula is C14H21F3N4. The molecule has 0 spiro atoms. The second-order valence-electron chi connectivity index (χ2n) is 5.75. The molecule has 0 amide bonds. The standard InChI is InChI=1S/C14H21F3N4/c1-9(2)10-4-6-21(7-5-10)12-8-11(18-3)19-13(20-12)14(15,16)17/h8-10H,4-7H2,1-3H3,(H,18,19,20). The Labute approximate surface area is 122 Å². The number of alkyl halides is 3. The van der Waals surface area contributed by atoms with Crippen LogP contribution in [0.25, 0.3) is 0 Å². The third-order valence-corrected chi connectivity index (χ3v) is 4.03. The SMILES string of the molecule is CNc1cc(N2CCC(C(C)C)CC2)nc(C(F)(F)F)n1. The van der Waals surface area contributed by atoms with E-state index in [9.17, 15) is 13.2 Å². The Hall–Kier alpha value is -1.53. The number of aromatic nitrogens is 2. The Bertz CT molecular complexity index is 480. The van der Waals surface area contributed by atoms with E-state index in [1.165, 1.54) is 0 Å². The Morgan fingerprint density at radius 3 is 2.33 bits per heavy atom. The van der Waals surface area contributed by atoms with Gasteiger partial charge in [-0.15, -0.1) is 0 Å². The van der Waals surface area contributed by atoms with Crippen molar-refractivity contribution in [2.24, 2.45) is 11.8 Å². The molecule has 1 saturated heterocycles. The van der Waals surface area contributed by atoms with Crippen LogP contribution in [0.1, 0.15) is 32.5 Å². The van der Waals surface area contributed by atoms with Crippen molar-refractivity contribution in [3.63, 3.8) is 0 Å². The maximum atomic E-state index is 12.8. The lowest BCUT2D eigenvalue weighted by atomic mass is 9.87. The molecule has 0 aliphatic carbocycles. The van der Waals surface area contributed by atoms with E-state index in [0.717, 1.165) is 25.9 Å². The van der Waals surface area contributed by atoms with Crippen LogP contribution in [-0.4, -0.2) is 30.1 Å². The van der Waals surface area contributed by atoms with Gasteiger partial charge < -0.3 is 10.2 Å². The van der Waals surface area contributed by atoms with Gasteiger partial charge in [-0.3, -0.25) is 0 Å². The second-order valence-corrected chi connectivity index (χ2v) is 5.75. The number of nitrogens with zero attached hydrogens (tertiary/aromatic N) is 3. The maximum absolute atomic E-state index is 12.8. The molecule has 4 nitrogen and oxygen atoms in total. The Kier molecular flexibility index (Phi) is 4.58. The molecule has 0 saturated carbocycles. The zero-order chi connectivity index (χ0) is 15.6. The summed E-state index contributed by atoms with van der Waals surface area (Å²) in [7, 11) is 1.55. The smallest absolute Gasteiger partial charge is 0.373 e. The van der Waals surface area contributed by atoms with Crippen molar-refractivity contribution < 1.29 is 13.2 Å². The van der Waals surface area contributed by atoms with Crippen LogP contribution in [-0.2, 0) is 6.18 Å². The van der Waals surface area contributed by atoms with Crippen molar-refractivity contribution >= 4 is 11.6 Å². The Morgan fingerprint density at radius 1 is 1.24 bits per heavy atom. The van der Waals surface area contributed by atoms with Crippen molar-refractivity contribution in [2.75, 3.05) is 30.4 Å². The number of piperidine rings is 1. The normalized spacial score (nSPS) is 17.4. The highest BCUT2D eigenvalue weighted by molar-refractivity contribution is 5.49. The number of halogens is 3. The summed E-state index contributed by atoms with van der Waals surface area (Å²) < 4.78 is 38.5. The predicted molar refractivity (Wildman–Crippen MR) is 76.4 cm³/mol. The molecule has 21 heavy (non-hydrogen) atoms. The number of rotatable bonds is 3. The summed E-state index contributed by atoms with van der Waals surface area (Å²) in [4.78, 5) is 9.10. The van der Waals surface area contributed by atoms with Crippen molar-refractivity contribution in [1.82, 2.24) is 9.97 Å². The van der Waals surface area contributed by atoms with Gasteiger partial charge in [-0.25, -0.2) is 9.97 Å². The van der Waals surface area contributed by atoms with Crippen LogP contribution in [0.15, 0.2) is 6.07 Å². The zero-order valence-electron chi connectivity index (χ0n) is 12.5. The topological polar surface area (TPSA) is 41.0 Å². The lowest BCUT2D eigenvalue weighted by Crippen LogP contribution is -2.36. The predicted octanol–water partition coefficient (Wildman–Crippen LogP) is 3.41. The van der Waals surface area contributed by atoms with Crippen molar-refractivity contribution in [3.05, 3.63) is 11.9 Å². The van der Waals surface area contributed by atoms with Gasteiger partial charge in [0.25, 0.3) is 0 Å². The van der Waals surface area contributed by atoms with E-state index in [0.29, 0.717) is 17.7 Å². The molecular weight excluding hydrogens is 281 g/mol. The summed E-state index contributed by atoms with van der Waals surface area (Å²) in [5.41, 5.74) is 0. The first-order chi connectivity index (χ1) is 9.81. The van der Waals surface area contributed by atoms with Crippen LogP contribution in [0, 0.1) is 11.8 Å². The van der Waals surface area contributed by atoms with E-state index in [1.807, 2.05) is 4.90 Å². The molecule has 1 aliphatic heterocycles. The van der Waals surface area contributed by atoms with Crippen molar-refractivity contribution in [3.8, 4) is 0 Å². The summed E-state index contributed by atoms with van der Waals surface area (Å²) in [5.74, 6) is 0.697. The van der Waals surface area contributed by atoms with Gasteiger partial charge in [-0.05, 0) is 24.7 Å². The van der Waals surface area contributed by atoms with E-state index < -0.39 is 12.0 Å². The van der Waals surface area contributed by atoms with Gasteiger partial charge in [-0.2, -0.15) is 13.2 Å². The molecule has 0 aromatic carbocycles. The van der Waals surface area contributed by atoms with Crippen LogP contribution < -0.4 is 10.2 Å². The minimum absolute atomic E-state index is 0.193. The Balaban J connectivity index is 2.20. The van der Waals surface area contributed by atoms with Crippen LogP contribution in [0.5, 0.6) is 0 Å². The fraction of sp³-hybridized carbons (Fsp3) is 0.714. The summed E-state index contributed by atoms with van der Waals surface area (Å²) in [5, 5.41) is 2.67. The molecule has 1 aromatic rings. The van der Waals surface area contributed by atoms with Crippen LogP contribution >= 0.6 is 0 Å². The monoisotopic (exact) mass is 302 g/mol. The molecule has 118 valence electrons. The first-order valence-electron chi connectivity index (χ1n) is 7.20. The second kappa shape index (κ2) is 6.07. The first-order valence-corrected chi connectivity index (χ1v) is 7.20. The number of hydrogen-bond acceptors (Lipinski definition) is 4. The van der Waals surface area contributed by atoms with Crippen LogP contribution in [0.2, 0.25) is 0 Å². The fourth-order valence-corrected chi connectivity index (χ4v) is 2.65. The van der Waals surface area contributed by atoms with E-state index in [2.05, 4.69) is 29.1 Å². The molecule has 7 heteroatoms. The van der Waals surface area contributed by atoms with Gasteiger partial charge in [0.1, 0.15) is 11.6 Å². The molecule has 0 unspecified atom stereocenters. The highest BCUT2D eigenvalue weighted by Gasteiger charge is 2.36. The maximum Gasteiger partial charge on any atom is 0.451 e. The van der Waals surface area contributed by atoms with E-state index >= 15 is 0 Å². The zero-order valence-corrected chi connectivity index (χ0v) is 12.5. The van der Waals surface area contributed by atoms with Gasteiger partial charge in [0.15, 0.2) is 0 Å². The van der Waals surface area contributed by atoms with Crippen LogP contribution in [0.3, 0.4) is 0 Å². The van der Waals surface area contributed by atoms with Crippen molar-refractivity contribution in [2.45, 2.75) is 32.9 Å². The average Bonchev–Trinajstić information content (AvgIpc) is 2.46. The summed E-state index contributed by atoms with van der Waals surface area (Å²) in [6.07, 6.45) is -2.56. The third-order valence-electron chi connectivity index (χ3n) is 4.03. The molecule has 1 N–H and O–H groups in total. The van der Waals surface area contributed by atoms with E-state index in [-0.39, 0.29) is 5.82 Å². The number of hydrogen-bond donors (Lipinski definition) is 1. The molecule has 2 heterocycles. The van der Waals surface area contributed by atoms with E-state index in [1.54, 1.807) is 13.1 Å². The minimum atomic E-state index is -4.53. The fourth-order valence-electron chi connectivity index (χ4n) is 2.65. The van der Waals surface area contributed by atoms with Crippen molar-refractivity contribution in [1.29, 1.82) is 0 Å². The summed E-state index contributed by atoms with van der Waals surface area (Å²) in [6.45, 7) is 5.85. The quantitative estimate of drug-likeness (QED) is 0.929. The Morgan fingerprint density at radius 2 is 1.86 bits per heavy atom. The van der Waals surface area contributed by atoms with Gasteiger partial charge >= 0.3 is 6.18 Å². The molecule has 2 rings (SSSR count). The van der Waals surface area contributed by atoms with Gasteiger partial charge in [-0.1, -0.05) is 13.8 Å². The molecule has 0 radical (unpaired) electrons. The van der Waals surface area contributed by atoms with E-state index in [4.69, 9.17) is 0 Å². The molecule has 1 fully saturated rings. The number of nitrogens with one attached hydrogen (secondary N) is 1. The lowest BCUT2D eigenvalue weighted by molar-refractivity contribution is -0.144. The van der Waals surface area contributed by atoms with Crippen LogP contribution in [0.4, 0.5) is 24.8 Å². The highest BCUT2D eigenvalue weighted by atomic mass is 19.4. The average molecular weight is 302 g/mol. The molecule has 0 atom stereocenters. The molecule has 0 bridgehead atoms. The largest absolute Gasteiger partial charge is 0.451 e. The highest BCUT2D eigenvalue weighted by Crippen LogP contribution is 2.31. The lowest BCUT2D eigenvalue weighted by Gasteiger charge is -2.34. The van der Waals surface area contributed by atoms with Gasteiger partial charge in [0, 0.05) is 26.2 Å². The third kappa shape index (κ3) is 3.77.